The van der Waals surface area contributed by atoms with Gasteiger partial charge in [-0.1, -0.05) is 6.07 Å². The number of halogens is 1. The zero-order chi connectivity index (χ0) is 12.0. The van der Waals surface area contributed by atoms with Gasteiger partial charge in [0.05, 0.1) is 0 Å². The van der Waals surface area contributed by atoms with Crippen LogP contribution in [-0.4, -0.2) is 18.1 Å². The Balaban J connectivity index is 1.92. The van der Waals surface area contributed by atoms with Crippen LogP contribution in [0.3, 0.4) is 0 Å². The number of nitrogens with zero attached hydrogens (tertiary/aromatic N) is 1. The molecule has 2 N–H and O–H groups in total. The SMILES string of the molecule is Cc1ccc(N2C3CCC2CC(N)C3)cc1F. The molecule has 17 heavy (non-hydrogen) atoms. The Bertz CT molecular complexity index is 418. The quantitative estimate of drug-likeness (QED) is 0.809. The summed E-state index contributed by atoms with van der Waals surface area (Å²) in [6.45, 7) is 1.81. The molecule has 0 radical (unpaired) electrons. The van der Waals surface area contributed by atoms with Gasteiger partial charge in [0.1, 0.15) is 5.82 Å². The lowest BCUT2D eigenvalue weighted by Crippen LogP contribution is -2.47. The van der Waals surface area contributed by atoms with Gasteiger partial charge in [0.2, 0.25) is 0 Å². The molecule has 3 rings (SSSR count). The second-order valence-electron chi connectivity index (χ2n) is 5.46. The van der Waals surface area contributed by atoms with Crippen molar-refractivity contribution in [1.82, 2.24) is 0 Å². The first kappa shape index (κ1) is 11.0. The molecule has 2 aliphatic heterocycles. The molecule has 2 nitrogen and oxygen atoms in total. The minimum Gasteiger partial charge on any atom is -0.365 e. The van der Waals surface area contributed by atoms with Gasteiger partial charge >= 0.3 is 0 Å². The lowest BCUT2D eigenvalue weighted by molar-refractivity contribution is 0.414. The van der Waals surface area contributed by atoms with Gasteiger partial charge in [-0.3, -0.25) is 0 Å². The van der Waals surface area contributed by atoms with Crippen LogP contribution in [0.25, 0.3) is 0 Å². The maximum atomic E-state index is 13.6. The van der Waals surface area contributed by atoms with Crippen LogP contribution in [0.2, 0.25) is 0 Å². The minimum atomic E-state index is -0.100. The van der Waals surface area contributed by atoms with Gasteiger partial charge < -0.3 is 10.6 Å². The molecule has 2 aliphatic rings. The molecular formula is C14H19FN2. The molecule has 0 saturated carbocycles. The summed E-state index contributed by atoms with van der Waals surface area (Å²) in [6.07, 6.45) is 4.50. The van der Waals surface area contributed by atoms with Crippen LogP contribution in [0.1, 0.15) is 31.2 Å². The van der Waals surface area contributed by atoms with Crippen molar-refractivity contribution in [2.75, 3.05) is 4.90 Å². The van der Waals surface area contributed by atoms with Crippen LogP contribution in [0, 0.1) is 12.7 Å². The summed E-state index contributed by atoms with van der Waals surface area (Å²) in [5.74, 6) is -0.100. The van der Waals surface area contributed by atoms with Crippen LogP contribution in [0.5, 0.6) is 0 Å². The first-order chi connectivity index (χ1) is 8.15. The summed E-state index contributed by atoms with van der Waals surface area (Å²) in [5, 5.41) is 0. The first-order valence-electron chi connectivity index (χ1n) is 6.45. The van der Waals surface area contributed by atoms with E-state index in [9.17, 15) is 4.39 Å². The standard InChI is InChI=1S/C14H19FN2/c1-9-2-3-13(8-14(9)15)17-11-4-5-12(17)7-10(16)6-11/h2-3,8,10-12H,4-7,16H2,1H3. The van der Waals surface area contributed by atoms with Crippen molar-refractivity contribution >= 4 is 5.69 Å². The Hall–Kier alpha value is -1.09. The van der Waals surface area contributed by atoms with E-state index < -0.39 is 0 Å². The van der Waals surface area contributed by atoms with Crippen molar-refractivity contribution in [2.45, 2.75) is 50.7 Å². The third-order valence-corrected chi connectivity index (χ3v) is 4.22. The van der Waals surface area contributed by atoms with E-state index in [1.165, 1.54) is 12.8 Å². The average Bonchev–Trinajstić information content (AvgIpc) is 2.55. The largest absolute Gasteiger partial charge is 0.365 e. The number of anilines is 1. The van der Waals surface area contributed by atoms with E-state index in [0.717, 1.165) is 24.1 Å². The number of rotatable bonds is 1. The Morgan fingerprint density at radius 3 is 2.47 bits per heavy atom. The van der Waals surface area contributed by atoms with Crippen molar-refractivity contribution in [3.05, 3.63) is 29.6 Å². The van der Waals surface area contributed by atoms with Gasteiger partial charge in [-0.05, 0) is 50.3 Å². The predicted octanol–water partition coefficient (Wildman–Crippen LogP) is 2.59. The molecule has 0 amide bonds. The van der Waals surface area contributed by atoms with E-state index in [0.29, 0.717) is 18.1 Å². The van der Waals surface area contributed by atoms with Crippen molar-refractivity contribution in [1.29, 1.82) is 0 Å². The second-order valence-corrected chi connectivity index (χ2v) is 5.46. The molecule has 0 spiro atoms. The van der Waals surface area contributed by atoms with E-state index in [1.807, 2.05) is 12.1 Å². The first-order valence-corrected chi connectivity index (χ1v) is 6.45. The van der Waals surface area contributed by atoms with Gasteiger partial charge in [-0.15, -0.1) is 0 Å². The van der Waals surface area contributed by atoms with Crippen LogP contribution in [0.15, 0.2) is 18.2 Å². The van der Waals surface area contributed by atoms with Gasteiger partial charge in [0.15, 0.2) is 0 Å². The number of hydrogen-bond acceptors (Lipinski definition) is 2. The molecule has 3 heteroatoms. The average molecular weight is 234 g/mol. The summed E-state index contributed by atoms with van der Waals surface area (Å²) in [5.41, 5.74) is 7.80. The number of fused-ring (bicyclic) bond motifs is 2. The van der Waals surface area contributed by atoms with Crippen LogP contribution in [-0.2, 0) is 0 Å². The smallest absolute Gasteiger partial charge is 0.128 e. The zero-order valence-electron chi connectivity index (χ0n) is 10.2. The molecule has 2 bridgehead atoms. The molecular weight excluding hydrogens is 215 g/mol. The van der Waals surface area contributed by atoms with Crippen LogP contribution in [0.4, 0.5) is 10.1 Å². The Kier molecular flexibility index (Phi) is 2.58. The molecule has 2 unspecified atom stereocenters. The van der Waals surface area contributed by atoms with Gasteiger partial charge in [0.25, 0.3) is 0 Å². The Labute approximate surface area is 102 Å². The second kappa shape index (κ2) is 3.98. The fourth-order valence-corrected chi connectivity index (χ4v) is 3.38. The Morgan fingerprint density at radius 2 is 1.88 bits per heavy atom. The van der Waals surface area contributed by atoms with E-state index >= 15 is 0 Å². The lowest BCUT2D eigenvalue weighted by atomic mass is 9.97. The normalized spacial score (nSPS) is 31.9. The third-order valence-electron chi connectivity index (χ3n) is 4.22. The maximum Gasteiger partial charge on any atom is 0.128 e. The number of benzene rings is 1. The summed E-state index contributed by atoms with van der Waals surface area (Å²) < 4.78 is 13.6. The molecule has 2 atom stereocenters. The highest BCUT2D eigenvalue weighted by Gasteiger charge is 2.39. The van der Waals surface area contributed by atoms with E-state index in [2.05, 4.69) is 4.90 Å². The van der Waals surface area contributed by atoms with Crippen molar-refractivity contribution < 1.29 is 4.39 Å². The van der Waals surface area contributed by atoms with Crippen LogP contribution < -0.4 is 10.6 Å². The molecule has 0 aliphatic carbocycles. The van der Waals surface area contributed by atoms with E-state index in [-0.39, 0.29) is 5.82 Å². The molecule has 1 aromatic rings. The van der Waals surface area contributed by atoms with Crippen molar-refractivity contribution in [3.63, 3.8) is 0 Å². The number of nitrogens with two attached hydrogens (primary N) is 1. The summed E-state index contributed by atoms with van der Waals surface area (Å²) >= 11 is 0. The molecule has 92 valence electrons. The fourth-order valence-electron chi connectivity index (χ4n) is 3.38. The van der Waals surface area contributed by atoms with E-state index in [1.54, 1.807) is 13.0 Å². The molecule has 2 heterocycles. The van der Waals surface area contributed by atoms with Gasteiger partial charge in [-0.2, -0.15) is 0 Å². The Morgan fingerprint density at radius 1 is 1.24 bits per heavy atom. The van der Waals surface area contributed by atoms with Crippen molar-refractivity contribution in [3.8, 4) is 0 Å². The van der Waals surface area contributed by atoms with Gasteiger partial charge in [0, 0.05) is 23.8 Å². The fraction of sp³-hybridized carbons (Fsp3) is 0.571. The van der Waals surface area contributed by atoms with Gasteiger partial charge in [-0.25, -0.2) is 4.39 Å². The van der Waals surface area contributed by atoms with Crippen LogP contribution >= 0.6 is 0 Å². The highest BCUT2D eigenvalue weighted by Crippen LogP contribution is 2.39. The summed E-state index contributed by atoms with van der Waals surface area (Å²) in [6, 6.07) is 6.97. The monoisotopic (exact) mass is 234 g/mol. The summed E-state index contributed by atoms with van der Waals surface area (Å²) in [7, 11) is 0. The number of aryl methyl sites for hydroxylation is 1. The van der Waals surface area contributed by atoms with Crippen molar-refractivity contribution in [2.24, 2.45) is 5.73 Å². The maximum absolute atomic E-state index is 13.6. The highest BCUT2D eigenvalue weighted by atomic mass is 19.1. The minimum absolute atomic E-state index is 0.100. The molecule has 2 saturated heterocycles. The lowest BCUT2D eigenvalue weighted by Gasteiger charge is -2.39. The molecule has 2 fully saturated rings. The highest BCUT2D eigenvalue weighted by molar-refractivity contribution is 5.52. The predicted molar refractivity (Wildman–Crippen MR) is 67.6 cm³/mol. The number of piperidine rings is 1. The summed E-state index contributed by atoms with van der Waals surface area (Å²) in [4.78, 5) is 2.39. The van der Waals surface area contributed by atoms with E-state index in [4.69, 9.17) is 5.73 Å². The molecule has 0 aromatic heterocycles. The molecule has 1 aromatic carbocycles. The number of hydrogen-bond donors (Lipinski definition) is 1. The topological polar surface area (TPSA) is 29.3 Å². The zero-order valence-corrected chi connectivity index (χ0v) is 10.2. The third kappa shape index (κ3) is 1.82.